The van der Waals surface area contributed by atoms with Crippen molar-refractivity contribution in [2.24, 2.45) is 5.92 Å². The molecule has 92 valence electrons. The van der Waals surface area contributed by atoms with Gasteiger partial charge in [0.15, 0.2) is 9.84 Å². The third kappa shape index (κ3) is 3.53. The summed E-state index contributed by atoms with van der Waals surface area (Å²) >= 11 is 0. The Labute approximate surface area is 102 Å². The first-order valence-electron chi connectivity index (χ1n) is 5.43. The molecule has 1 rings (SSSR count). The van der Waals surface area contributed by atoms with Crippen LogP contribution in [0.5, 0.6) is 0 Å². The molecule has 0 amide bonds. The van der Waals surface area contributed by atoms with Gasteiger partial charge in [-0.05, 0) is 30.5 Å². The zero-order chi connectivity index (χ0) is 13.1. The van der Waals surface area contributed by atoms with E-state index in [1.54, 1.807) is 13.0 Å². The Morgan fingerprint density at radius 1 is 1.41 bits per heavy atom. The molecule has 17 heavy (non-hydrogen) atoms. The predicted octanol–water partition coefficient (Wildman–Crippen LogP) is 1.91. The number of rotatable bonds is 4. The summed E-state index contributed by atoms with van der Waals surface area (Å²) < 4.78 is 24.1. The number of pyridine rings is 1. The lowest BCUT2D eigenvalue weighted by Gasteiger charge is -2.16. The maximum absolute atomic E-state index is 12.0. The fourth-order valence-electron chi connectivity index (χ4n) is 1.40. The highest BCUT2D eigenvalue weighted by Crippen LogP contribution is 2.17. The smallest absolute Gasteiger partial charge is 0.157 e. The molecule has 0 saturated heterocycles. The summed E-state index contributed by atoms with van der Waals surface area (Å²) in [6.45, 7) is 5.48. The van der Waals surface area contributed by atoms with E-state index >= 15 is 0 Å². The van der Waals surface area contributed by atoms with Gasteiger partial charge in [0.25, 0.3) is 0 Å². The SMILES string of the molecule is CC(C)C(C)S(=O)(=O)Cc1ccnc(C#N)c1. The van der Waals surface area contributed by atoms with Crippen LogP contribution in [0.3, 0.4) is 0 Å². The van der Waals surface area contributed by atoms with E-state index in [4.69, 9.17) is 5.26 Å². The van der Waals surface area contributed by atoms with Crippen LogP contribution in [0, 0.1) is 17.2 Å². The van der Waals surface area contributed by atoms with Gasteiger partial charge in [0.2, 0.25) is 0 Å². The average molecular weight is 252 g/mol. The van der Waals surface area contributed by atoms with Crippen molar-refractivity contribution >= 4 is 9.84 Å². The number of hydrogen-bond donors (Lipinski definition) is 0. The molecule has 0 radical (unpaired) electrons. The molecule has 1 heterocycles. The highest BCUT2D eigenvalue weighted by Gasteiger charge is 2.24. The number of aromatic nitrogens is 1. The van der Waals surface area contributed by atoms with Crippen molar-refractivity contribution in [3.63, 3.8) is 0 Å². The van der Waals surface area contributed by atoms with Crippen molar-refractivity contribution in [3.05, 3.63) is 29.6 Å². The Balaban J connectivity index is 2.95. The van der Waals surface area contributed by atoms with Crippen molar-refractivity contribution < 1.29 is 8.42 Å². The average Bonchev–Trinajstić information content (AvgIpc) is 2.27. The Morgan fingerprint density at radius 3 is 2.59 bits per heavy atom. The molecule has 0 aliphatic rings. The largest absolute Gasteiger partial charge is 0.246 e. The van der Waals surface area contributed by atoms with Gasteiger partial charge in [-0.1, -0.05) is 13.8 Å². The molecule has 0 N–H and O–H groups in total. The van der Waals surface area contributed by atoms with Gasteiger partial charge in [0, 0.05) is 6.20 Å². The second-order valence-electron chi connectivity index (χ2n) is 4.42. The van der Waals surface area contributed by atoms with Crippen molar-refractivity contribution in [2.75, 3.05) is 0 Å². The first-order chi connectivity index (χ1) is 7.86. The Kier molecular flexibility index (Phi) is 4.24. The van der Waals surface area contributed by atoms with E-state index in [-0.39, 0.29) is 22.6 Å². The van der Waals surface area contributed by atoms with Crippen LogP contribution >= 0.6 is 0 Å². The summed E-state index contributed by atoms with van der Waals surface area (Å²) in [6, 6.07) is 5.05. The van der Waals surface area contributed by atoms with Crippen LogP contribution < -0.4 is 0 Å². The lowest BCUT2D eigenvalue weighted by Crippen LogP contribution is -2.24. The normalized spacial score (nSPS) is 13.4. The van der Waals surface area contributed by atoms with Crippen LogP contribution in [0.1, 0.15) is 32.0 Å². The lowest BCUT2D eigenvalue weighted by molar-refractivity contribution is 0.545. The topological polar surface area (TPSA) is 70.8 Å². The third-order valence-corrected chi connectivity index (χ3v) is 5.22. The number of hydrogen-bond acceptors (Lipinski definition) is 4. The minimum atomic E-state index is -3.17. The minimum Gasteiger partial charge on any atom is -0.246 e. The van der Waals surface area contributed by atoms with E-state index in [9.17, 15) is 8.42 Å². The Bertz CT molecular complexity index is 530. The fourth-order valence-corrected chi connectivity index (χ4v) is 3.14. The van der Waals surface area contributed by atoms with Crippen LogP contribution in [-0.4, -0.2) is 18.7 Å². The summed E-state index contributed by atoms with van der Waals surface area (Å²) in [5.41, 5.74) is 0.860. The summed E-state index contributed by atoms with van der Waals surface area (Å²) in [4.78, 5) is 3.81. The van der Waals surface area contributed by atoms with Gasteiger partial charge in [-0.25, -0.2) is 13.4 Å². The number of nitriles is 1. The monoisotopic (exact) mass is 252 g/mol. The molecule has 0 aliphatic carbocycles. The molecule has 5 heteroatoms. The van der Waals surface area contributed by atoms with Gasteiger partial charge >= 0.3 is 0 Å². The van der Waals surface area contributed by atoms with E-state index in [0.717, 1.165) is 0 Å². The first-order valence-corrected chi connectivity index (χ1v) is 7.15. The van der Waals surface area contributed by atoms with Crippen molar-refractivity contribution in [2.45, 2.75) is 31.8 Å². The molecule has 0 aromatic carbocycles. The van der Waals surface area contributed by atoms with Gasteiger partial charge in [-0.2, -0.15) is 5.26 Å². The summed E-state index contributed by atoms with van der Waals surface area (Å²) in [7, 11) is -3.17. The molecule has 0 aliphatic heterocycles. The highest BCUT2D eigenvalue weighted by molar-refractivity contribution is 7.91. The van der Waals surface area contributed by atoms with Gasteiger partial charge in [0.05, 0.1) is 11.0 Å². The van der Waals surface area contributed by atoms with Crippen molar-refractivity contribution in [1.82, 2.24) is 4.98 Å². The molecule has 0 saturated carbocycles. The quantitative estimate of drug-likeness (QED) is 0.820. The zero-order valence-electron chi connectivity index (χ0n) is 10.2. The third-order valence-electron chi connectivity index (χ3n) is 2.81. The van der Waals surface area contributed by atoms with E-state index < -0.39 is 9.84 Å². The van der Waals surface area contributed by atoms with Crippen LogP contribution in [0.25, 0.3) is 0 Å². The molecular formula is C12H16N2O2S. The van der Waals surface area contributed by atoms with Gasteiger partial charge in [0.1, 0.15) is 11.8 Å². The maximum Gasteiger partial charge on any atom is 0.157 e. The van der Waals surface area contributed by atoms with Crippen molar-refractivity contribution in [3.8, 4) is 6.07 Å². The van der Waals surface area contributed by atoms with Crippen LogP contribution in [0.4, 0.5) is 0 Å². The van der Waals surface area contributed by atoms with Crippen LogP contribution in [0.2, 0.25) is 0 Å². The molecule has 0 spiro atoms. The molecule has 0 bridgehead atoms. The molecule has 0 fully saturated rings. The summed E-state index contributed by atoms with van der Waals surface area (Å²) in [5, 5.41) is 8.31. The van der Waals surface area contributed by atoms with Crippen molar-refractivity contribution in [1.29, 1.82) is 5.26 Å². The number of sulfone groups is 1. The van der Waals surface area contributed by atoms with Gasteiger partial charge in [-0.15, -0.1) is 0 Å². The van der Waals surface area contributed by atoms with E-state index in [0.29, 0.717) is 5.56 Å². The molecular weight excluding hydrogens is 236 g/mol. The Morgan fingerprint density at radius 2 is 2.06 bits per heavy atom. The lowest BCUT2D eigenvalue weighted by atomic mass is 10.2. The molecule has 1 unspecified atom stereocenters. The molecule has 1 aromatic rings. The van der Waals surface area contributed by atoms with Gasteiger partial charge in [-0.3, -0.25) is 0 Å². The summed E-state index contributed by atoms with van der Waals surface area (Å²) in [5.74, 6) is 0.0427. The second-order valence-corrected chi connectivity index (χ2v) is 6.78. The minimum absolute atomic E-state index is 0.0381. The molecule has 1 atom stereocenters. The van der Waals surface area contributed by atoms with Crippen LogP contribution in [-0.2, 0) is 15.6 Å². The molecule has 1 aromatic heterocycles. The van der Waals surface area contributed by atoms with Crippen LogP contribution in [0.15, 0.2) is 18.3 Å². The summed E-state index contributed by atoms with van der Waals surface area (Å²) in [6.07, 6.45) is 1.46. The number of nitrogens with zero attached hydrogens (tertiary/aromatic N) is 2. The van der Waals surface area contributed by atoms with E-state index in [1.807, 2.05) is 19.9 Å². The Hall–Kier alpha value is -1.41. The predicted molar refractivity (Wildman–Crippen MR) is 65.9 cm³/mol. The van der Waals surface area contributed by atoms with E-state index in [2.05, 4.69) is 4.98 Å². The van der Waals surface area contributed by atoms with E-state index in [1.165, 1.54) is 12.3 Å². The highest BCUT2D eigenvalue weighted by atomic mass is 32.2. The second kappa shape index (κ2) is 5.28. The standard InChI is InChI=1S/C12H16N2O2S/c1-9(2)10(3)17(15,16)8-11-4-5-14-12(6-11)7-13/h4-6,9-10H,8H2,1-3H3. The zero-order valence-corrected chi connectivity index (χ0v) is 11.0. The fraction of sp³-hybridized carbons (Fsp3) is 0.500. The maximum atomic E-state index is 12.0. The van der Waals surface area contributed by atoms with Gasteiger partial charge < -0.3 is 0 Å². The first kappa shape index (κ1) is 13.7. The molecule has 4 nitrogen and oxygen atoms in total.